The van der Waals surface area contributed by atoms with Crippen LogP contribution in [0.4, 0.5) is 4.79 Å². The van der Waals surface area contributed by atoms with Crippen LogP contribution in [0.15, 0.2) is 47.1 Å². The first kappa shape index (κ1) is 16.8. The quantitative estimate of drug-likeness (QED) is 0.894. The van der Waals surface area contributed by atoms with Crippen molar-refractivity contribution in [2.24, 2.45) is 0 Å². The van der Waals surface area contributed by atoms with E-state index in [4.69, 9.17) is 9.15 Å². The number of alkyl carbamates (subject to hydrolysis) is 1. The van der Waals surface area contributed by atoms with Gasteiger partial charge in [-0.05, 0) is 30.7 Å². The fraction of sp³-hybridized carbons (Fsp3) is 0.353. The Morgan fingerprint density at radius 3 is 2.57 bits per heavy atom. The number of carbonyl (C=O) groups excluding carboxylic acids is 1. The summed E-state index contributed by atoms with van der Waals surface area (Å²) in [5.74, 6) is 0.813. The molecule has 114 valence electrons. The Labute approximate surface area is 126 Å². The highest BCUT2D eigenvalue weighted by molar-refractivity contribution is 5.67. The molecular weight excluding hydrogens is 266 g/mol. The van der Waals surface area contributed by atoms with Crippen LogP contribution < -0.4 is 5.32 Å². The van der Waals surface area contributed by atoms with Crippen molar-refractivity contribution in [3.8, 4) is 11.3 Å². The predicted octanol–water partition coefficient (Wildman–Crippen LogP) is 4.61. The molecule has 21 heavy (non-hydrogen) atoms. The van der Waals surface area contributed by atoms with E-state index in [2.05, 4.69) is 19.2 Å². The van der Waals surface area contributed by atoms with Crippen molar-refractivity contribution in [2.75, 3.05) is 6.61 Å². The predicted molar refractivity (Wildman–Crippen MR) is 84.0 cm³/mol. The summed E-state index contributed by atoms with van der Waals surface area (Å²) >= 11 is 0. The second-order valence-corrected chi connectivity index (χ2v) is 4.46. The minimum atomic E-state index is -0.402. The third-order valence-electron chi connectivity index (χ3n) is 2.44. The maximum Gasteiger partial charge on any atom is 0.407 e. The Kier molecular flexibility index (Phi) is 7.72. The molecule has 1 N–H and O–H groups in total. The maximum atomic E-state index is 11.2. The van der Waals surface area contributed by atoms with E-state index >= 15 is 0 Å². The van der Waals surface area contributed by atoms with Gasteiger partial charge in [0.05, 0.1) is 12.9 Å². The average Bonchev–Trinajstić information content (AvgIpc) is 3.01. The van der Waals surface area contributed by atoms with Crippen molar-refractivity contribution in [3.05, 3.63) is 48.2 Å². The van der Waals surface area contributed by atoms with Gasteiger partial charge >= 0.3 is 6.09 Å². The lowest BCUT2D eigenvalue weighted by atomic mass is 10.1. The molecule has 0 aliphatic carbocycles. The molecule has 0 unspecified atom stereocenters. The van der Waals surface area contributed by atoms with E-state index in [1.54, 1.807) is 13.2 Å². The molecule has 0 bridgehead atoms. The Balaban J connectivity index is 0.000000677. The zero-order valence-corrected chi connectivity index (χ0v) is 12.9. The number of amides is 1. The lowest BCUT2D eigenvalue weighted by Crippen LogP contribution is -2.23. The van der Waals surface area contributed by atoms with Gasteiger partial charge < -0.3 is 14.5 Å². The summed E-state index contributed by atoms with van der Waals surface area (Å²) in [7, 11) is 0. The van der Waals surface area contributed by atoms with Gasteiger partial charge in [-0.1, -0.05) is 38.5 Å². The van der Waals surface area contributed by atoms with E-state index in [-0.39, 0.29) is 0 Å². The maximum absolute atomic E-state index is 11.2. The molecule has 0 saturated carbocycles. The summed E-state index contributed by atoms with van der Waals surface area (Å²) in [4.78, 5) is 11.2. The summed E-state index contributed by atoms with van der Waals surface area (Å²) in [6.45, 7) is 6.84. The van der Waals surface area contributed by atoms with Gasteiger partial charge in [0.25, 0.3) is 0 Å². The molecule has 1 aromatic heterocycles. The fourth-order valence-corrected chi connectivity index (χ4v) is 1.63. The largest absolute Gasteiger partial charge is 0.464 e. The van der Waals surface area contributed by atoms with Crippen LogP contribution in [0.5, 0.6) is 0 Å². The SMILES string of the molecule is CCC.CCOC(=O)NCc1cccc(-c2ccco2)c1. The third-order valence-corrected chi connectivity index (χ3v) is 2.44. The van der Waals surface area contributed by atoms with Gasteiger partial charge in [-0.25, -0.2) is 4.79 Å². The minimum Gasteiger partial charge on any atom is -0.464 e. The number of carbonyl (C=O) groups is 1. The summed E-state index contributed by atoms with van der Waals surface area (Å²) in [6.07, 6.45) is 2.49. The molecule has 0 aliphatic heterocycles. The van der Waals surface area contributed by atoms with Crippen LogP contribution >= 0.6 is 0 Å². The fourth-order valence-electron chi connectivity index (χ4n) is 1.63. The van der Waals surface area contributed by atoms with Gasteiger partial charge in [-0.2, -0.15) is 0 Å². The van der Waals surface area contributed by atoms with Gasteiger partial charge in [0.2, 0.25) is 0 Å². The minimum absolute atomic E-state index is 0.373. The number of rotatable bonds is 4. The zero-order valence-electron chi connectivity index (χ0n) is 12.9. The van der Waals surface area contributed by atoms with Crippen LogP contribution in [0.1, 0.15) is 32.8 Å². The number of ether oxygens (including phenoxy) is 1. The molecule has 4 heteroatoms. The van der Waals surface area contributed by atoms with E-state index in [1.165, 1.54) is 6.42 Å². The molecular formula is C17H23NO3. The van der Waals surface area contributed by atoms with Crippen LogP contribution in [0.25, 0.3) is 11.3 Å². The van der Waals surface area contributed by atoms with Crippen molar-refractivity contribution >= 4 is 6.09 Å². The number of benzene rings is 1. The second-order valence-electron chi connectivity index (χ2n) is 4.46. The van der Waals surface area contributed by atoms with Crippen molar-refractivity contribution in [3.63, 3.8) is 0 Å². The van der Waals surface area contributed by atoms with E-state index in [0.29, 0.717) is 13.2 Å². The van der Waals surface area contributed by atoms with Gasteiger partial charge in [-0.15, -0.1) is 0 Å². The highest BCUT2D eigenvalue weighted by Crippen LogP contribution is 2.20. The van der Waals surface area contributed by atoms with Crippen LogP contribution in [-0.4, -0.2) is 12.7 Å². The Morgan fingerprint density at radius 1 is 1.19 bits per heavy atom. The molecule has 0 spiro atoms. The number of furan rings is 1. The van der Waals surface area contributed by atoms with Gasteiger partial charge in [0.1, 0.15) is 5.76 Å². The molecule has 0 fully saturated rings. The molecule has 0 radical (unpaired) electrons. The Bertz CT molecular complexity index is 521. The zero-order chi connectivity index (χ0) is 15.5. The van der Waals surface area contributed by atoms with Crippen LogP contribution in [0, 0.1) is 0 Å². The normalized spacial score (nSPS) is 9.48. The van der Waals surface area contributed by atoms with Crippen molar-refractivity contribution in [1.82, 2.24) is 5.32 Å². The van der Waals surface area contributed by atoms with Gasteiger partial charge in [0, 0.05) is 12.1 Å². The third kappa shape index (κ3) is 6.17. The molecule has 1 heterocycles. The molecule has 4 nitrogen and oxygen atoms in total. The van der Waals surface area contributed by atoms with Crippen LogP contribution in [0.2, 0.25) is 0 Å². The van der Waals surface area contributed by atoms with Crippen LogP contribution in [0.3, 0.4) is 0 Å². The average molecular weight is 289 g/mol. The Morgan fingerprint density at radius 2 is 1.95 bits per heavy atom. The molecule has 2 aromatic rings. The summed E-state index contributed by atoms with van der Waals surface area (Å²) in [5, 5.41) is 2.68. The monoisotopic (exact) mass is 289 g/mol. The van der Waals surface area contributed by atoms with E-state index in [0.717, 1.165) is 16.9 Å². The topological polar surface area (TPSA) is 51.5 Å². The first-order valence-corrected chi connectivity index (χ1v) is 7.24. The van der Waals surface area contributed by atoms with Crippen LogP contribution in [-0.2, 0) is 11.3 Å². The second kappa shape index (κ2) is 9.64. The molecule has 1 aromatic carbocycles. The lowest BCUT2D eigenvalue weighted by molar-refractivity contribution is 0.151. The smallest absolute Gasteiger partial charge is 0.407 e. The molecule has 0 aliphatic rings. The first-order chi connectivity index (χ1) is 10.2. The van der Waals surface area contributed by atoms with Gasteiger partial charge in [0.15, 0.2) is 0 Å². The molecule has 0 saturated heterocycles. The van der Waals surface area contributed by atoms with E-state index in [1.807, 2.05) is 36.4 Å². The number of nitrogens with one attached hydrogen (secondary N) is 1. The molecule has 2 rings (SSSR count). The van der Waals surface area contributed by atoms with E-state index in [9.17, 15) is 4.79 Å². The highest BCUT2D eigenvalue weighted by Gasteiger charge is 2.03. The lowest BCUT2D eigenvalue weighted by Gasteiger charge is -2.06. The van der Waals surface area contributed by atoms with Gasteiger partial charge in [-0.3, -0.25) is 0 Å². The summed E-state index contributed by atoms with van der Waals surface area (Å²) < 4.78 is 10.1. The molecule has 0 atom stereocenters. The van der Waals surface area contributed by atoms with E-state index < -0.39 is 6.09 Å². The Hall–Kier alpha value is -2.23. The van der Waals surface area contributed by atoms with Crippen molar-refractivity contribution in [2.45, 2.75) is 33.7 Å². The van der Waals surface area contributed by atoms with Crippen molar-refractivity contribution in [1.29, 1.82) is 0 Å². The highest BCUT2D eigenvalue weighted by atomic mass is 16.5. The number of hydrogen-bond acceptors (Lipinski definition) is 3. The molecule has 1 amide bonds. The number of hydrogen-bond donors (Lipinski definition) is 1. The standard InChI is InChI=1S/C14H15NO3.C3H8/c1-2-17-14(16)15-10-11-5-3-6-12(9-11)13-7-4-8-18-13;1-3-2/h3-9H,2,10H2,1H3,(H,15,16);3H2,1-2H3. The summed E-state index contributed by atoms with van der Waals surface area (Å²) in [5.41, 5.74) is 1.99. The summed E-state index contributed by atoms with van der Waals surface area (Å²) in [6, 6.07) is 11.6. The first-order valence-electron chi connectivity index (χ1n) is 7.24. The van der Waals surface area contributed by atoms with Crippen molar-refractivity contribution < 1.29 is 13.9 Å².